The molecule has 0 fully saturated rings. The lowest BCUT2D eigenvalue weighted by atomic mass is 10.0. The smallest absolute Gasteiger partial charge is 0.239 e. The van der Waals surface area contributed by atoms with Gasteiger partial charge in [-0.15, -0.1) is 0 Å². The van der Waals surface area contributed by atoms with Crippen molar-refractivity contribution in [2.24, 2.45) is 5.73 Å². The van der Waals surface area contributed by atoms with Gasteiger partial charge < -0.3 is 11.1 Å². The number of halogens is 2. The molecule has 0 unspecified atom stereocenters. The molecule has 3 N–H and O–H groups in total. The third-order valence-corrected chi connectivity index (χ3v) is 3.77. The maximum Gasteiger partial charge on any atom is 0.239 e. The molecular weight excluding hydrogens is 326 g/mol. The summed E-state index contributed by atoms with van der Waals surface area (Å²) < 4.78 is 26.3. The molecule has 6 heteroatoms. The molecule has 2 amide bonds. The molecule has 0 aliphatic rings. The molecule has 0 aliphatic carbocycles. The summed E-state index contributed by atoms with van der Waals surface area (Å²) in [5.74, 6) is -2.64. The highest BCUT2D eigenvalue weighted by molar-refractivity contribution is 5.87. The minimum Gasteiger partial charge on any atom is -0.368 e. The van der Waals surface area contributed by atoms with Gasteiger partial charge in [0.2, 0.25) is 11.8 Å². The van der Waals surface area contributed by atoms with Gasteiger partial charge in [0.25, 0.3) is 0 Å². The molecule has 0 saturated carbocycles. The van der Waals surface area contributed by atoms with Crippen molar-refractivity contribution in [3.8, 4) is 0 Å². The summed E-state index contributed by atoms with van der Waals surface area (Å²) in [4.78, 5) is 23.5. The van der Waals surface area contributed by atoms with E-state index < -0.39 is 29.5 Å². The Kier molecular flexibility index (Phi) is 6.62. The van der Waals surface area contributed by atoms with Crippen LogP contribution in [0.1, 0.15) is 24.0 Å². The van der Waals surface area contributed by atoms with Crippen molar-refractivity contribution in [1.29, 1.82) is 0 Å². The average Bonchev–Trinajstić information content (AvgIpc) is 2.53. The zero-order chi connectivity index (χ0) is 18.2. The van der Waals surface area contributed by atoms with Crippen molar-refractivity contribution in [2.75, 3.05) is 0 Å². The number of primary amides is 1. The van der Waals surface area contributed by atoms with E-state index in [1.807, 2.05) is 30.3 Å². The third-order valence-electron chi connectivity index (χ3n) is 3.77. The van der Waals surface area contributed by atoms with Crippen LogP contribution in [0.25, 0.3) is 0 Å². The lowest BCUT2D eigenvalue weighted by Gasteiger charge is -2.15. The number of rotatable bonds is 8. The Bertz CT molecular complexity index is 715. The van der Waals surface area contributed by atoms with Crippen LogP contribution in [0.15, 0.2) is 48.5 Å². The first-order chi connectivity index (χ1) is 11.9. The first-order valence-corrected chi connectivity index (χ1v) is 8.01. The van der Waals surface area contributed by atoms with E-state index >= 15 is 0 Å². The molecule has 0 bridgehead atoms. The van der Waals surface area contributed by atoms with Crippen LogP contribution in [0.3, 0.4) is 0 Å². The molecule has 0 aliphatic heterocycles. The van der Waals surface area contributed by atoms with Crippen molar-refractivity contribution >= 4 is 11.8 Å². The Morgan fingerprint density at radius 2 is 1.64 bits per heavy atom. The molecule has 2 aromatic rings. The quantitative estimate of drug-likeness (QED) is 0.771. The minimum absolute atomic E-state index is 0.197. The van der Waals surface area contributed by atoms with Crippen molar-refractivity contribution in [1.82, 2.24) is 5.32 Å². The standard InChI is InChI=1S/C19H20F2N2O2/c20-15-9-14(10-16(21)12-15)11-18(24)23-17(19(22)25)8-4-7-13-5-2-1-3-6-13/h1-3,5-6,9-10,12,17H,4,7-8,11H2,(H2,22,25)(H,23,24)/t17-/m0/s1. The first kappa shape index (κ1) is 18.6. The first-order valence-electron chi connectivity index (χ1n) is 8.01. The highest BCUT2D eigenvalue weighted by Crippen LogP contribution is 2.10. The van der Waals surface area contributed by atoms with Crippen LogP contribution in [-0.4, -0.2) is 17.9 Å². The van der Waals surface area contributed by atoms with E-state index in [1.54, 1.807) is 0 Å². The van der Waals surface area contributed by atoms with Crippen LogP contribution in [-0.2, 0) is 22.4 Å². The maximum atomic E-state index is 13.2. The van der Waals surface area contributed by atoms with Crippen molar-refractivity contribution in [3.63, 3.8) is 0 Å². The van der Waals surface area contributed by atoms with Gasteiger partial charge in [-0.25, -0.2) is 8.78 Å². The second-order valence-electron chi connectivity index (χ2n) is 5.85. The highest BCUT2D eigenvalue weighted by atomic mass is 19.1. The summed E-state index contributed by atoms with van der Waals surface area (Å²) in [7, 11) is 0. The Hall–Kier alpha value is -2.76. The Labute approximate surface area is 145 Å². The lowest BCUT2D eigenvalue weighted by molar-refractivity contribution is -0.127. The van der Waals surface area contributed by atoms with E-state index in [2.05, 4.69) is 5.32 Å². The van der Waals surface area contributed by atoms with Gasteiger partial charge in [-0.3, -0.25) is 9.59 Å². The molecule has 2 rings (SSSR count). The summed E-state index contributed by atoms with van der Waals surface area (Å²) in [6.45, 7) is 0. The fourth-order valence-electron chi connectivity index (χ4n) is 2.58. The number of benzene rings is 2. The minimum atomic E-state index is -0.811. The van der Waals surface area contributed by atoms with Crippen molar-refractivity contribution in [3.05, 3.63) is 71.3 Å². The molecule has 0 radical (unpaired) electrons. The maximum absolute atomic E-state index is 13.2. The lowest BCUT2D eigenvalue weighted by Crippen LogP contribution is -2.45. The van der Waals surface area contributed by atoms with Gasteiger partial charge in [-0.1, -0.05) is 30.3 Å². The molecule has 25 heavy (non-hydrogen) atoms. The van der Waals surface area contributed by atoms with E-state index in [9.17, 15) is 18.4 Å². The van der Waals surface area contributed by atoms with Crippen LogP contribution >= 0.6 is 0 Å². The number of hydrogen-bond donors (Lipinski definition) is 2. The molecule has 0 spiro atoms. The van der Waals surface area contributed by atoms with Crippen LogP contribution in [0.5, 0.6) is 0 Å². The number of amides is 2. The third kappa shape index (κ3) is 6.33. The topological polar surface area (TPSA) is 72.2 Å². The molecule has 0 heterocycles. The predicted octanol–water partition coefficient (Wildman–Crippen LogP) is 2.50. The van der Waals surface area contributed by atoms with Crippen molar-refractivity contribution < 1.29 is 18.4 Å². The molecule has 0 aromatic heterocycles. The van der Waals surface area contributed by atoms with E-state index in [0.29, 0.717) is 12.8 Å². The van der Waals surface area contributed by atoms with E-state index in [-0.39, 0.29) is 12.0 Å². The van der Waals surface area contributed by atoms with Gasteiger partial charge in [0.05, 0.1) is 6.42 Å². The van der Waals surface area contributed by atoms with Gasteiger partial charge in [0, 0.05) is 6.07 Å². The van der Waals surface area contributed by atoms with Gasteiger partial charge in [0.15, 0.2) is 0 Å². The summed E-state index contributed by atoms with van der Waals surface area (Å²) in [5.41, 5.74) is 6.66. The molecule has 0 saturated heterocycles. The monoisotopic (exact) mass is 346 g/mol. The van der Waals surface area contributed by atoms with E-state index in [4.69, 9.17) is 5.73 Å². The van der Waals surface area contributed by atoms with Crippen molar-refractivity contribution in [2.45, 2.75) is 31.7 Å². The summed E-state index contributed by atoms with van der Waals surface area (Å²) in [5, 5.41) is 2.53. The number of hydrogen-bond acceptors (Lipinski definition) is 2. The zero-order valence-corrected chi connectivity index (χ0v) is 13.7. The molecule has 1 atom stereocenters. The number of nitrogens with two attached hydrogens (primary N) is 1. The molecule has 132 valence electrons. The predicted molar refractivity (Wildman–Crippen MR) is 90.6 cm³/mol. The fraction of sp³-hybridized carbons (Fsp3) is 0.263. The van der Waals surface area contributed by atoms with E-state index in [1.165, 1.54) is 0 Å². The molecular formula is C19H20F2N2O2. The summed E-state index contributed by atoms with van der Waals surface area (Å²) in [6, 6.07) is 11.8. The largest absolute Gasteiger partial charge is 0.368 e. The number of nitrogens with one attached hydrogen (secondary N) is 1. The van der Waals surface area contributed by atoms with Crippen LogP contribution in [0.2, 0.25) is 0 Å². The zero-order valence-electron chi connectivity index (χ0n) is 13.7. The summed E-state index contributed by atoms with van der Waals surface area (Å²) >= 11 is 0. The van der Waals surface area contributed by atoms with Crippen LogP contribution < -0.4 is 11.1 Å². The van der Waals surface area contributed by atoms with Crippen LogP contribution in [0.4, 0.5) is 8.78 Å². The Balaban J connectivity index is 1.87. The van der Waals surface area contributed by atoms with Gasteiger partial charge in [0.1, 0.15) is 17.7 Å². The fourth-order valence-corrected chi connectivity index (χ4v) is 2.58. The summed E-state index contributed by atoms with van der Waals surface area (Å²) in [6.07, 6.45) is 1.60. The number of aryl methyl sites for hydroxylation is 1. The number of carbonyl (C=O) groups is 2. The average molecular weight is 346 g/mol. The SMILES string of the molecule is NC(=O)[C@H](CCCc1ccccc1)NC(=O)Cc1cc(F)cc(F)c1. The van der Waals surface area contributed by atoms with Gasteiger partial charge in [-0.05, 0) is 42.5 Å². The van der Waals surface area contributed by atoms with Gasteiger partial charge >= 0.3 is 0 Å². The molecule has 2 aromatic carbocycles. The normalized spacial score (nSPS) is 11.8. The van der Waals surface area contributed by atoms with Gasteiger partial charge in [-0.2, -0.15) is 0 Å². The van der Waals surface area contributed by atoms with E-state index in [0.717, 1.165) is 30.2 Å². The Morgan fingerprint density at radius 3 is 2.24 bits per heavy atom. The van der Waals surface area contributed by atoms with Crippen LogP contribution in [0, 0.1) is 11.6 Å². The highest BCUT2D eigenvalue weighted by Gasteiger charge is 2.18. The molecule has 4 nitrogen and oxygen atoms in total. The second kappa shape index (κ2) is 8.92. The number of carbonyl (C=O) groups excluding carboxylic acids is 2. The Morgan fingerprint density at radius 1 is 1.00 bits per heavy atom. The second-order valence-corrected chi connectivity index (χ2v) is 5.85.